The third-order valence-electron chi connectivity index (χ3n) is 4.29. The summed E-state index contributed by atoms with van der Waals surface area (Å²) in [6, 6.07) is 2.70. The Labute approximate surface area is 184 Å². The van der Waals surface area contributed by atoms with E-state index in [1.54, 1.807) is 0 Å². The smallest absolute Gasteiger partial charge is 0.409 e. The highest BCUT2D eigenvalue weighted by Gasteiger charge is 2.20. The van der Waals surface area contributed by atoms with E-state index in [9.17, 15) is 31.6 Å². The molecule has 2 N–H and O–H groups in total. The number of ether oxygens (including phenoxy) is 1. The van der Waals surface area contributed by atoms with Crippen molar-refractivity contribution in [1.29, 1.82) is 0 Å². The number of hydrogen-bond acceptors (Lipinski definition) is 8. The number of aromatic nitrogens is 2. The molecule has 3 aromatic rings. The number of carbonyl (C=O) groups excluding carboxylic acids is 1. The van der Waals surface area contributed by atoms with Crippen LogP contribution in [-0.4, -0.2) is 50.1 Å². The summed E-state index contributed by atoms with van der Waals surface area (Å²) < 4.78 is 66.4. The zero-order chi connectivity index (χ0) is 24.5. The van der Waals surface area contributed by atoms with Crippen molar-refractivity contribution in [2.75, 3.05) is 25.9 Å². The largest absolute Gasteiger partial charge is 0.422 e. The van der Waals surface area contributed by atoms with Crippen LogP contribution in [0.5, 0.6) is 5.75 Å². The summed E-state index contributed by atoms with van der Waals surface area (Å²) in [6.07, 6.45) is 0.159. The van der Waals surface area contributed by atoms with Gasteiger partial charge in [-0.15, -0.1) is 0 Å². The lowest BCUT2D eigenvalue weighted by atomic mass is 10.2. The Hall–Kier alpha value is -3.85. The maximum absolute atomic E-state index is 14.7. The molecule has 0 saturated heterocycles. The van der Waals surface area contributed by atoms with Crippen LogP contribution in [0, 0.1) is 11.6 Å². The predicted octanol–water partition coefficient (Wildman–Crippen LogP) is 0.613. The van der Waals surface area contributed by atoms with Crippen LogP contribution in [0.3, 0.4) is 0 Å². The molecule has 1 amide bonds. The quantitative estimate of drug-likeness (QED) is 0.515. The number of nitrogens with one attached hydrogen (secondary N) is 2. The minimum atomic E-state index is -4.08. The monoisotopic (exact) mass is 485 g/mol. The minimum Gasteiger partial charge on any atom is -0.409 e. The number of rotatable bonds is 6. The van der Waals surface area contributed by atoms with Gasteiger partial charge in [0.05, 0.1) is 11.9 Å². The molecule has 12 nitrogen and oxygen atoms in total. The van der Waals surface area contributed by atoms with Gasteiger partial charge in [-0.05, 0) is 12.1 Å². The Kier molecular flexibility index (Phi) is 6.46. The average Bonchev–Trinajstić information content (AvgIpc) is 2.74. The van der Waals surface area contributed by atoms with Gasteiger partial charge in [-0.25, -0.2) is 32.6 Å². The minimum absolute atomic E-state index is 0.274. The number of halogens is 2. The SMILES string of the molecule is CNS(=O)(=O)Nc1nccc(Cn2c(=O)oc3cc(OC(=O)N(C)C)c(F)cc3c2=O)c1F. The van der Waals surface area contributed by atoms with Gasteiger partial charge in [0.2, 0.25) is 0 Å². The van der Waals surface area contributed by atoms with Crippen LogP contribution in [0.1, 0.15) is 5.56 Å². The van der Waals surface area contributed by atoms with E-state index in [1.165, 1.54) is 14.1 Å². The maximum atomic E-state index is 14.7. The number of amides is 1. The fourth-order valence-electron chi connectivity index (χ4n) is 2.59. The summed E-state index contributed by atoms with van der Waals surface area (Å²) in [5, 5.41) is -0.373. The van der Waals surface area contributed by atoms with Crippen molar-refractivity contribution >= 4 is 33.1 Å². The van der Waals surface area contributed by atoms with E-state index in [-0.39, 0.29) is 16.5 Å². The van der Waals surface area contributed by atoms with Crippen molar-refractivity contribution in [2.45, 2.75) is 6.54 Å². The van der Waals surface area contributed by atoms with Crippen molar-refractivity contribution in [3.05, 3.63) is 62.5 Å². The molecule has 2 heterocycles. The van der Waals surface area contributed by atoms with Gasteiger partial charge < -0.3 is 14.1 Å². The number of anilines is 1. The molecule has 15 heteroatoms. The molecule has 2 aromatic heterocycles. The summed E-state index contributed by atoms with van der Waals surface area (Å²) in [4.78, 5) is 41.4. The zero-order valence-corrected chi connectivity index (χ0v) is 18.2. The molecular formula is C18H17F2N5O7S. The highest BCUT2D eigenvalue weighted by atomic mass is 32.2. The van der Waals surface area contributed by atoms with Crippen molar-refractivity contribution in [2.24, 2.45) is 0 Å². The molecule has 0 spiro atoms. The van der Waals surface area contributed by atoms with Gasteiger partial charge in [-0.2, -0.15) is 8.42 Å². The first-order valence-electron chi connectivity index (χ1n) is 9.04. The fraction of sp³-hybridized carbons (Fsp3) is 0.222. The van der Waals surface area contributed by atoms with Gasteiger partial charge in [0.25, 0.3) is 15.8 Å². The van der Waals surface area contributed by atoms with E-state index in [1.807, 2.05) is 9.44 Å². The second-order valence-corrected chi connectivity index (χ2v) is 8.36. The normalized spacial score (nSPS) is 11.4. The van der Waals surface area contributed by atoms with Crippen LogP contribution >= 0.6 is 0 Å². The van der Waals surface area contributed by atoms with Crippen molar-refractivity contribution in [1.82, 2.24) is 19.2 Å². The first-order chi connectivity index (χ1) is 15.4. The number of pyridine rings is 1. The molecule has 0 fully saturated rings. The highest BCUT2D eigenvalue weighted by Crippen LogP contribution is 2.23. The molecule has 0 saturated carbocycles. The molecule has 0 aliphatic heterocycles. The van der Waals surface area contributed by atoms with Crippen LogP contribution in [0.4, 0.5) is 19.4 Å². The molecule has 3 rings (SSSR count). The molecule has 0 radical (unpaired) electrons. The van der Waals surface area contributed by atoms with Crippen LogP contribution in [0.2, 0.25) is 0 Å². The second-order valence-electron chi connectivity index (χ2n) is 6.74. The Morgan fingerprint density at radius 1 is 1.27 bits per heavy atom. The maximum Gasteiger partial charge on any atom is 0.422 e. The molecule has 0 bridgehead atoms. The third-order valence-corrected chi connectivity index (χ3v) is 5.29. The van der Waals surface area contributed by atoms with Crippen molar-refractivity contribution < 1.29 is 31.1 Å². The lowest BCUT2D eigenvalue weighted by Crippen LogP contribution is -2.33. The fourth-order valence-corrected chi connectivity index (χ4v) is 3.09. The number of fused-ring (bicyclic) bond motifs is 1. The second kappa shape index (κ2) is 8.95. The summed E-state index contributed by atoms with van der Waals surface area (Å²) in [5.74, 6) is -4.66. The standard InChI is InChI=1S/C18H17F2N5O7S/c1-21-33(29,30)23-15-14(20)9(4-5-22-15)8-25-16(26)10-6-11(19)13(32-17(27)24(2)3)7-12(10)31-18(25)28/h4-7,21H,8H2,1-3H3,(H,22,23). The first-order valence-corrected chi connectivity index (χ1v) is 10.5. The Balaban J connectivity index is 2.05. The van der Waals surface area contributed by atoms with Gasteiger partial charge in [0, 0.05) is 39.0 Å². The summed E-state index contributed by atoms with van der Waals surface area (Å²) in [6.45, 7) is -0.668. The predicted molar refractivity (Wildman–Crippen MR) is 111 cm³/mol. The van der Waals surface area contributed by atoms with E-state index < -0.39 is 57.4 Å². The lowest BCUT2D eigenvalue weighted by molar-refractivity contribution is 0.170. The van der Waals surface area contributed by atoms with E-state index in [0.717, 1.165) is 30.3 Å². The molecule has 33 heavy (non-hydrogen) atoms. The average molecular weight is 485 g/mol. The molecule has 1 aromatic carbocycles. The van der Waals surface area contributed by atoms with E-state index in [2.05, 4.69) is 4.98 Å². The van der Waals surface area contributed by atoms with Gasteiger partial charge in [0.1, 0.15) is 5.58 Å². The number of benzene rings is 1. The highest BCUT2D eigenvalue weighted by molar-refractivity contribution is 7.90. The van der Waals surface area contributed by atoms with Gasteiger partial charge >= 0.3 is 11.8 Å². The number of nitrogens with zero attached hydrogens (tertiary/aromatic N) is 3. The van der Waals surface area contributed by atoms with Gasteiger partial charge in [-0.1, -0.05) is 0 Å². The summed E-state index contributed by atoms with van der Waals surface area (Å²) >= 11 is 0. The van der Waals surface area contributed by atoms with E-state index in [4.69, 9.17) is 9.15 Å². The summed E-state index contributed by atoms with van der Waals surface area (Å²) in [5.41, 5.74) is -1.65. The van der Waals surface area contributed by atoms with Crippen LogP contribution in [-0.2, 0) is 16.8 Å². The molecule has 0 aliphatic rings. The molecule has 176 valence electrons. The molecule has 0 atom stereocenters. The van der Waals surface area contributed by atoms with Crippen molar-refractivity contribution in [3.8, 4) is 5.75 Å². The first kappa shape index (κ1) is 23.8. The number of hydrogen-bond donors (Lipinski definition) is 2. The van der Waals surface area contributed by atoms with Crippen LogP contribution < -0.4 is 25.5 Å². The van der Waals surface area contributed by atoms with Crippen LogP contribution in [0.15, 0.2) is 38.4 Å². The zero-order valence-electron chi connectivity index (χ0n) is 17.4. The molecular weight excluding hydrogens is 468 g/mol. The molecule has 0 aliphatic carbocycles. The summed E-state index contributed by atoms with van der Waals surface area (Å²) in [7, 11) is -0.254. The Morgan fingerprint density at radius 3 is 2.61 bits per heavy atom. The molecule has 0 unspecified atom stereocenters. The van der Waals surface area contributed by atoms with Gasteiger partial charge in [-0.3, -0.25) is 9.52 Å². The number of carbonyl (C=O) groups is 1. The Morgan fingerprint density at radius 2 is 1.97 bits per heavy atom. The van der Waals surface area contributed by atoms with Crippen molar-refractivity contribution in [3.63, 3.8) is 0 Å². The Bertz CT molecular complexity index is 1470. The third kappa shape index (κ3) is 4.98. The topological polar surface area (TPSA) is 153 Å². The van der Waals surface area contributed by atoms with Gasteiger partial charge in [0.15, 0.2) is 23.2 Å². The lowest BCUT2D eigenvalue weighted by Gasteiger charge is -2.12. The van der Waals surface area contributed by atoms with Crippen LogP contribution in [0.25, 0.3) is 11.0 Å². The van der Waals surface area contributed by atoms with E-state index >= 15 is 0 Å². The van der Waals surface area contributed by atoms with E-state index in [0.29, 0.717) is 10.6 Å².